The van der Waals surface area contributed by atoms with Gasteiger partial charge in [0.25, 0.3) is 0 Å². The van der Waals surface area contributed by atoms with Crippen LogP contribution in [0.25, 0.3) is 16.0 Å². The van der Waals surface area contributed by atoms with E-state index in [1.54, 1.807) is 24.3 Å². The van der Waals surface area contributed by atoms with Crippen LogP contribution in [0, 0.1) is 18.4 Å². The Morgan fingerprint density at radius 2 is 1.87 bits per heavy atom. The molecule has 0 saturated heterocycles. The number of hydrogen-bond acceptors (Lipinski definition) is 4. The molecule has 0 bridgehead atoms. The number of nitrogens with two attached hydrogens (primary N) is 1. The molecule has 1 fully saturated rings. The molecule has 0 radical (unpaired) electrons. The summed E-state index contributed by atoms with van der Waals surface area (Å²) in [6.07, 6.45) is 3.51. The smallest absolute Gasteiger partial charge is 0.337 e. The number of amides is 1. The number of rotatable bonds is 7. The summed E-state index contributed by atoms with van der Waals surface area (Å²) in [6, 6.07) is 12.8. The molecule has 6 nitrogen and oxygen atoms in total. The Morgan fingerprint density at radius 1 is 1.10 bits per heavy atom. The van der Waals surface area contributed by atoms with E-state index in [-0.39, 0.29) is 11.8 Å². The molecule has 0 aromatic heterocycles. The standard InChI is InChI=1S/C24H26N2O4/c1-26-22-5-3-4-19(13-22)20-10-17(11-21(12-20)24(28)29-2)15-30-14-16-6-8-18(9-7-16)23(25)27/h3-5,10-13,16,18H,6-9,14-15H2,2H3,(H2,25,27). The molecule has 0 atom stereocenters. The maximum Gasteiger partial charge on any atom is 0.337 e. The molecule has 0 heterocycles. The Morgan fingerprint density at radius 3 is 2.53 bits per heavy atom. The first kappa shape index (κ1) is 21.5. The summed E-state index contributed by atoms with van der Waals surface area (Å²) in [5.41, 5.74) is 8.95. The summed E-state index contributed by atoms with van der Waals surface area (Å²) in [5.74, 6) is -0.209. The molecule has 1 amide bonds. The van der Waals surface area contributed by atoms with Crippen molar-refractivity contribution in [3.05, 3.63) is 65.0 Å². The average Bonchev–Trinajstić information content (AvgIpc) is 2.78. The Bertz CT molecular complexity index is 956. The summed E-state index contributed by atoms with van der Waals surface area (Å²) < 4.78 is 10.8. The lowest BCUT2D eigenvalue weighted by molar-refractivity contribution is -0.123. The van der Waals surface area contributed by atoms with Gasteiger partial charge in [-0.2, -0.15) is 0 Å². The molecule has 1 aliphatic carbocycles. The molecule has 2 aromatic carbocycles. The van der Waals surface area contributed by atoms with E-state index in [9.17, 15) is 9.59 Å². The Balaban J connectivity index is 1.70. The zero-order chi connectivity index (χ0) is 21.5. The van der Waals surface area contributed by atoms with Crippen molar-refractivity contribution < 1.29 is 19.1 Å². The summed E-state index contributed by atoms with van der Waals surface area (Å²) in [6.45, 7) is 8.19. The first-order valence-corrected chi connectivity index (χ1v) is 10.1. The molecule has 0 aliphatic heterocycles. The van der Waals surface area contributed by atoms with Crippen LogP contribution in [0.3, 0.4) is 0 Å². The van der Waals surface area contributed by atoms with Crippen molar-refractivity contribution in [3.63, 3.8) is 0 Å². The highest BCUT2D eigenvalue weighted by molar-refractivity contribution is 5.91. The van der Waals surface area contributed by atoms with Crippen molar-refractivity contribution in [1.29, 1.82) is 0 Å². The monoisotopic (exact) mass is 406 g/mol. The zero-order valence-corrected chi connectivity index (χ0v) is 17.1. The Kier molecular flexibility index (Phi) is 7.21. The molecule has 3 rings (SSSR count). The van der Waals surface area contributed by atoms with E-state index in [0.29, 0.717) is 30.4 Å². The summed E-state index contributed by atoms with van der Waals surface area (Å²) in [4.78, 5) is 26.9. The van der Waals surface area contributed by atoms with Gasteiger partial charge in [0, 0.05) is 12.5 Å². The van der Waals surface area contributed by atoms with Crippen LogP contribution in [0.4, 0.5) is 5.69 Å². The van der Waals surface area contributed by atoms with E-state index < -0.39 is 5.97 Å². The lowest BCUT2D eigenvalue weighted by Gasteiger charge is -2.26. The van der Waals surface area contributed by atoms with Crippen LogP contribution in [-0.4, -0.2) is 25.6 Å². The number of methoxy groups -OCH3 is 1. The Labute approximate surface area is 176 Å². The number of benzene rings is 2. The maximum absolute atomic E-state index is 12.1. The highest BCUT2D eigenvalue weighted by Crippen LogP contribution is 2.30. The molecule has 6 heteroatoms. The van der Waals surface area contributed by atoms with Gasteiger partial charge in [-0.05, 0) is 72.6 Å². The molecular formula is C24H26N2O4. The second kappa shape index (κ2) is 10.0. The minimum atomic E-state index is -0.413. The van der Waals surface area contributed by atoms with Crippen LogP contribution in [0.5, 0.6) is 0 Å². The number of carbonyl (C=O) groups is 2. The van der Waals surface area contributed by atoms with Gasteiger partial charge in [0.1, 0.15) is 0 Å². The molecule has 0 spiro atoms. The van der Waals surface area contributed by atoms with Gasteiger partial charge in [0.05, 0.1) is 25.9 Å². The molecule has 1 aliphatic rings. The van der Waals surface area contributed by atoms with Crippen LogP contribution in [-0.2, 0) is 20.9 Å². The van der Waals surface area contributed by atoms with Gasteiger partial charge in [-0.1, -0.05) is 18.2 Å². The van der Waals surface area contributed by atoms with Crippen LogP contribution < -0.4 is 5.73 Å². The molecule has 2 aromatic rings. The predicted octanol–water partition coefficient (Wildman–Crippen LogP) is 4.50. The number of nitrogens with zero attached hydrogens (tertiary/aromatic N) is 1. The van der Waals surface area contributed by atoms with E-state index in [0.717, 1.165) is 42.4 Å². The van der Waals surface area contributed by atoms with Crippen molar-refractivity contribution in [2.24, 2.45) is 17.6 Å². The maximum atomic E-state index is 12.1. The predicted molar refractivity (Wildman–Crippen MR) is 114 cm³/mol. The molecule has 30 heavy (non-hydrogen) atoms. The SMILES string of the molecule is [C-]#[N+]c1cccc(-c2cc(COCC3CCC(C(N)=O)CC3)cc(C(=O)OC)c2)c1. The van der Waals surface area contributed by atoms with Crippen LogP contribution >= 0.6 is 0 Å². The zero-order valence-electron chi connectivity index (χ0n) is 17.1. The lowest BCUT2D eigenvalue weighted by Crippen LogP contribution is -2.28. The fourth-order valence-corrected chi connectivity index (χ4v) is 3.89. The fourth-order valence-electron chi connectivity index (χ4n) is 3.89. The third-order valence-electron chi connectivity index (χ3n) is 5.59. The average molecular weight is 406 g/mol. The van der Waals surface area contributed by atoms with E-state index in [1.165, 1.54) is 7.11 Å². The quantitative estimate of drug-likeness (QED) is 0.542. The van der Waals surface area contributed by atoms with Gasteiger partial charge in [-0.25, -0.2) is 9.64 Å². The molecule has 2 N–H and O–H groups in total. The Hall–Kier alpha value is -3.17. The van der Waals surface area contributed by atoms with Gasteiger partial charge in [-0.3, -0.25) is 4.79 Å². The molecular weight excluding hydrogens is 380 g/mol. The van der Waals surface area contributed by atoms with E-state index in [1.807, 2.05) is 18.2 Å². The second-order valence-electron chi connectivity index (χ2n) is 7.71. The highest BCUT2D eigenvalue weighted by Gasteiger charge is 2.24. The third-order valence-corrected chi connectivity index (χ3v) is 5.59. The molecule has 0 unspecified atom stereocenters. The van der Waals surface area contributed by atoms with E-state index in [2.05, 4.69) is 4.85 Å². The van der Waals surface area contributed by atoms with Crippen molar-refractivity contribution in [3.8, 4) is 11.1 Å². The number of hydrogen-bond donors (Lipinski definition) is 1. The topological polar surface area (TPSA) is 83.0 Å². The molecule has 156 valence electrons. The van der Waals surface area contributed by atoms with Crippen molar-refractivity contribution in [2.45, 2.75) is 32.3 Å². The van der Waals surface area contributed by atoms with Gasteiger partial charge in [0.2, 0.25) is 5.91 Å². The lowest BCUT2D eigenvalue weighted by atomic mass is 9.82. The van der Waals surface area contributed by atoms with E-state index >= 15 is 0 Å². The van der Waals surface area contributed by atoms with Gasteiger partial charge < -0.3 is 15.2 Å². The minimum absolute atomic E-state index is 0.00763. The number of esters is 1. The van der Waals surface area contributed by atoms with Crippen molar-refractivity contribution >= 4 is 17.6 Å². The number of carbonyl (C=O) groups excluding carboxylic acids is 2. The van der Waals surface area contributed by atoms with Crippen molar-refractivity contribution in [2.75, 3.05) is 13.7 Å². The first-order chi connectivity index (χ1) is 14.5. The van der Waals surface area contributed by atoms with Crippen LogP contribution in [0.1, 0.15) is 41.6 Å². The minimum Gasteiger partial charge on any atom is -0.465 e. The van der Waals surface area contributed by atoms with Crippen molar-refractivity contribution in [1.82, 2.24) is 0 Å². The highest BCUT2D eigenvalue weighted by atomic mass is 16.5. The molecule has 1 saturated carbocycles. The van der Waals surface area contributed by atoms with Crippen LogP contribution in [0.2, 0.25) is 0 Å². The van der Waals surface area contributed by atoms with E-state index in [4.69, 9.17) is 21.8 Å². The summed E-state index contributed by atoms with van der Waals surface area (Å²) >= 11 is 0. The van der Waals surface area contributed by atoms with Gasteiger partial charge >= 0.3 is 5.97 Å². The number of ether oxygens (including phenoxy) is 2. The van der Waals surface area contributed by atoms with Crippen LogP contribution in [0.15, 0.2) is 42.5 Å². The summed E-state index contributed by atoms with van der Waals surface area (Å²) in [5, 5.41) is 0. The first-order valence-electron chi connectivity index (χ1n) is 10.1. The third kappa shape index (κ3) is 5.46. The summed E-state index contributed by atoms with van der Waals surface area (Å²) in [7, 11) is 1.35. The normalized spacial score (nSPS) is 18.4. The second-order valence-corrected chi connectivity index (χ2v) is 7.71. The van der Waals surface area contributed by atoms with Gasteiger partial charge in [-0.15, -0.1) is 0 Å². The number of primary amides is 1. The largest absolute Gasteiger partial charge is 0.465 e. The van der Waals surface area contributed by atoms with Gasteiger partial charge in [0.15, 0.2) is 5.69 Å². The fraction of sp³-hybridized carbons (Fsp3) is 0.375.